The minimum atomic E-state index is -0.509. The summed E-state index contributed by atoms with van der Waals surface area (Å²) in [4.78, 5) is 51.4. The number of aryl methyl sites for hydroxylation is 1. The summed E-state index contributed by atoms with van der Waals surface area (Å²) < 4.78 is 2.94. The molecule has 3 aromatic heterocycles. The molecule has 4 rings (SSSR count). The Kier molecular flexibility index (Phi) is 5.79. The van der Waals surface area contributed by atoms with Gasteiger partial charge >= 0.3 is 11.4 Å². The van der Waals surface area contributed by atoms with Gasteiger partial charge in [-0.1, -0.05) is 0 Å². The van der Waals surface area contributed by atoms with Crippen LogP contribution in [-0.4, -0.2) is 48.2 Å². The number of H-pyrrole nitrogens is 2. The lowest BCUT2D eigenvalue weighted by molar-refractivity contribution is -0.132. The Bertz CT molecular complexity index is 1180. The SMILES string of the molecule is O=C(CCn1ccc(=O)[nH]c1=O)N1CCC(Cc2n[nH]c(=O)n2-c2cccs2)CC1. The standard InChI is InChI=1S/C19H22N6O4S/c26-15-5-9-24(18(28)20-15)10-6-16(27)23-7-3-13(4-8-23)12-14-21-22-19(29)25(14)17-2-1-11-30-17/h1-2,5,9,11,13H,3-4,6-8,10,12H2,(H,22,29)(H,20,26,28). The predicted octanol–water partition coefficient (Wildman–Crippen LogP) is 0.344. The highest BCUT2D eigenvalue weighted by Crippen LogP contribution is 2.23. The third kappa shape index (κ3) is 4.35. The number of likely N-dealkylation sites (tertiary alicyclic amines) is 1. The highest BCUT2D eigenvalue weighted by molar-refractivity contribution is 7.12. The van der Waals surface area contributed by atoms with Crippen LogP contribution in [0.25, 0.3) is 5.00 Å². The van der Waals surface area contributed by atoms with E-state index in [2.05, 4.69) is 15.2 Å². The molecule has 0 aromatic carbocycles. The Morgan fingerprint density at radius 2 is 1.97 bits per heavy atom. The summed E-state index contributed by atoms with van der Waals surface area (Å²) >= 11 is 1.49. The average molecular weight is 430 g/mol. The molecule has 1 saturated heterocycles. The van der Waals surface area contributed by atoms with E-state index in [4.69, 9.17) is 0 Å². The molecule has 158 valence electrons. The van der Waals surface area contributed by atoms with Crippen molar-refractivity contribution in [2.24, 2.45) is 5.92 Å². The number of amides is 1. The number of piperidine rings is 1. The molecule has 0 aliphatic carbocycles. The second kappa shape index (κ2) is 8.66. The van der Waals surface area contributed by atoms with Crippen molar-refractivity contribution in [2.75, 3.05) is 13.1 Å². The number of aromatic amines is 2. The van der Waals surface area contributed by atoms with Crippen molar-refractivity contribution in [1.82, 2.24) is 29.2 Å². The number of nitrogens with zero attached hydrogens (tertiary/aromatic N) is 4. The van der Waals surface area contributed by atoms with Crippen LogP contribution in [0, 0.1) is 5.92 Å². The van der Waals surface area contributed by atoms with E-state index >= 15 is 0 Å². The van der Waals surface area contributed by atoms with Gasteiger partial charge in [-0.25, -0.2) is 19.3 Å². The fourth-order valence-electron chi connectivity index (χ4n) is 3.73. The number of nitrogens with one attached hydrogen (secondary N) is 2. The Labute approximate surface area is 174 Å². The molecule has 0 unspecified atom stereocenters. The fourth-order valence-corrected chi connectivity index (χ4v) is 4.48. The summed E-state index contributed by atoms with van der Waals surface area (Å²) in [6.07, 6.45) is 3.93. The van der Waals surface area contributed by atoms with E-state index in [9.17, 15) is 19.2 Å². The smallest absolute Gasteiger partial charge is 0.343 e. The molecule has 0 bridgehead atoms. The van der Waals surface area contributed by atoms with Crippen LogP contribution in [0.4, 0.5) is 0 Å². The summed E-state index contributed by atoms with van der Waals surface area (Å²) in [5.74, 6) is 1.04. The largest absolute Gasteiger partial charge is 0.348 e. The van der Waals surface area contributed by atoms with E-state index in [1.807, 2.05) is 22.4 Å². The van der Waals surface area contributed by atoms with E-state index in [1.165, 1.54) is 28.2 Å². The highest BCUT2D eigenvalue weighted by Gasteiger charge is 2.25. The lowest BCUT2D eigenvalue weighted by Gasteiger charge is -2.32. The van der Waals surface area contributed by atoms with Gasteiger partial charge in [0.05, 0.1) is 0 Å². The van der Waals surface area contributed by atoms with Crippen LogP contribution in [0.1, 0.15) is 25.1 Å². The van der Waals surface area contributed by atoms with Crippen molar-refractivity contribution in [3.05, 3.63) is 66.9 Å². The molecule has 0 saturated carbocycles. The van der Waals surface area contributed by atoms with Gasteiger partial charge in [-0.05, 0) is 36.3 Å². The minimum absolute atomic E-state index is 0.0122. The molecule has 1 amide bonds. The van der Waals surface area contributed by atoms with Crippen LogP contribution in [0.15, 0.2) is 44.2 Å². The predicted molar refractivity (Wildman–Crippen MR) is 111 cm³/mol. The van der Waals surface area contributed by atoms with Crippen molar-refractivity contribution in [3.8, 4) is 5.00 Å². The summed E-state index contributed by atoms with van der Waals surface area (Å²) in [6, 6.07) is 5.05. The van der Waals surface area contributed by atoms with E-state index in [-0.39, 0.29) is 24.6 Å². The Morgan fingerprint density at radius 1 is 1.17 bits per heavy atom. The van der Waals surface area contributed by atoms with Crippen LogP contribution < -0.4 is 16.9 Å². The van der Waals surface area contributed by atoms with Gasteiger partial charge in [0.1, 0.15) is 10.8 Å². The molecule has 11 heteroatoms. The lowest BCUT2D eigenvalue weighted by atomic mass is 9.93. The zero-order valence-corrected chi connectivity index (χ0v) is 17.1. The monoisotopic (exact) mass is 430 g/mol. The third-order valence-electron chi connectivity index (χ3n) is 5.37. The minimum Gasteiger partial charge on any atom is -0.343 e. The van der Waals surface area contributed by atoms with E-state index in [1.54, 1.807) is 4.57 Å². The maximum atomic E-state index is 12.5. The van der Waals surface area contributed by atoms with Gasteiger partial charge < -0.3 is 9.47 Å². The molecule has 0 atom stereocenters. The second-order valence-electron chi connectivity index (χ2n) is 7.31. The maximum absolute atomic E-state index is 12.5. The van der Waals surface area contributed by atoms with Gasteiger partial charge in [-0.15, -0.1) is 11.3 Å². The molecule has 0 radical (unpaired) electrons. The number of carbonyl (C=O) groups is 1. The number of aromatic nitrogens is 5. The first-order valence-corrected chi connectivity index (χ1v) is 10.7. The van der Waals surface area contributed by atoms with E-state index in [0.717, 1.165) is 17.8 Å². The summed E-state index contributed by atoms with van der Waals surface area (Å²) in [5.41, 5.74) is -1.20. The zero-order chi connectivity index (χ0) is 21.1. The van der Waals surface area contributed by atoms with Crippen molar-refractivity contribution in [3.63, 3.8) is 0 Å². The molecule has 0 spiro atoms. The normalized spacial score (nSPS) is 14.9. The van der Waals surface area contributed by atoms with Gasteiger partial charge in [0.2, 0.25) is 5.91 Å². The Hall–Kier alpha value is -3.21. The Balaban J connectivity index is 1.31. The average Bonchev–Trinajstić information content (AvgIpc) is 3.37. The molecule has 10 nitrogen and oxygen atoms in total. The molecule has 3 aromatic rings. The van der Waals surface area contributed by atoms with Crippen LogP contribution >= 0.6 is 11.3 Å². The fraction of sp³-hybridized carbons (Fsp3) is 0.421. The first-order valence-electron chi connectivity index (χ1n) is 9.79. The van der Waals surface area contributed by atoms with Crippen LogP contribution in [0.5, 0.6) is 0 Å². The van der Waals surface area contributed by atoms with E-state index < -0.39 is 11.2 Å². The number of hydrogen-bond donors (Lipinski definition) is 2. The van der Waals surface area contributed by atoms with Gasteiger partial charge in [-0.3, -0.25) is 14.6 Å². The molecule has 30 heavy (non-hydrogen) atoms. The van der Waals surface area contributed by atoms with Crippen molar-refractivity contribution >= 4 is 17.2 Å². The third-order valence-corrected chi connectivity index (χ3v) is 6.22. The summed E-state index contributed by atoms with van der Waals surface area (Å²) in [7, 11) is 0. The number of hydrogen-bond acceptors (Lipinski definition) is 6. The first kappa shape index (κ1) is 20.1. The number of carbonyl (C=O) groups excluding carboxylic acids is 1. The van der Waals surface area contributed by atoms with Gasteiger partial charge in [0.15, 0.2) is 0 Å². The van der Waals surface area contributed by atoms with Gasteiger partial charge in [0, 0.05) is 44.7 Å². The number of rotatable bonds is 6. The molecule has 1 aliphatic rings. The van der Waals surface area contributed by atoms with Crippen molar-refractivity contribution in [1.29, 1.82) is 0 Å². The van der Waals surface area contributed by atoms with Crippen molar-refractivity contribution in [2.45, 2.75) is 32.2 Å². The molecular formula is C19H22N6O4S. The van der Waals surface area contributed by atoms with Gasteiger partial charge in [0.25, 0.3) is 5.56 Å². The zero-order valence-electron chi connectivity index (χ0n) is 16.2. The highest BCUT2D eigenvalue weighted by atomic mass is 32.1. The first-order chi connectivity index (χ1) is 14.5. The topological polar surface area (TPSA) is 126 Å². The summed E-state index contributed by atoms with van der Waals surface area (Å²) in [6.45, 7) is 1.50. The Morgan fingerprint density at radius 3 is 2.67 bits per heavy atom. The molecule has 4 heterocycles. The van der Waals surface area contributed by atoms with Crippen LogP contribution in [-0.2, 0) is 17.8 Å². The van der Waals surface area contributed by atoms with Gasteiger partial charge in [-0.2, -0.15) is 5.10 Å². The maximum Gasteiger partial charge on any atom is 0.348 e. The molecule has 2 N–H and O–H groups in total. The quantitative estimate of drug-likeness (QED) is 0.583. The van der Waals surface area contributed by atoms with Crippen LogP contribution in [0.2, 0.25) is 0 Å². The number of thiophene rings is 1. The second-order valence-corrected chi connectivity index (χ2v) is 8.24. The van der Waals surface area contributed by atoms with E-state index in [0.29, 0.717) is 31.3 Å². The molecular weight excluding hydrogens is 408 g/mol. The lowest BCUT2D eigenvalue weighted by Crippen LogP contribution is -2.40. The van der Waals surface area contributed by atoms with Crippen molar-refractivity contribution < 1.29 is 4.79 Å². The summed E-state index contributed by atoms with van der Waals surface area (Å²) in [5, 5.41) is 9.49. The molecule has 1 fully saturated rings. The molecule has 1 aliphatic heterocycles. The van der Waals surface area contributed by atoms with Crippen LogP contribution in [0.3, 0.4) is 0 Å².